The maximum absolute atomic E-state index is 10.2. The zero-order valence-electron chi connectivity index (χ0n) is 5.42. The first-order chi connectivity index (χ1) is 4.72. The van der Waals surface area contributed by atoms with Gasteiger partial charge in [0.05, 0.1) is 0 Å². The lowest BCUT2D eigenvalue weighted by Gasteiger charge is -2.19. The molecule has 0 radical (unpaired) electrons. The highest BCUT2D eigenvalue weighted by Crippen LogP contribution is 2.27. The van der Waals surface area contributed by atoms with Crippen LogP contribution in [0.25, 0.3) is 0 Å². The summed E-state index contributed by atoms with van der Waals surface area (Å²) in [4.78, 5) is 18.6. The predicted molar refractivity (Wildman–Crippen MR) is 36.9 cm³/mol. The van der Waals surface area contributed by atoms with E-state index in [2.05, 4.69) is 0 Å². The lowest BCUT2D eigenvalue weighted by atomic mass is 9.87. The van der Waals surface area contributed by atoms with Crippen LogP contribution in [0.1, 0.15) is 19.3 Å². The van der Waals surface area contributed by atoms with E-state index in [1.165, 1.54) is 6.42 Å². The van der Waals surface area contributed by atoms with Crippen LogP contribution in [-0.2, 0) is 9.59 Å². The number of halogens is 1. The number of carboxylic acid groups (broad SMARTS) is 1. The molecule has 0 unspecified atom stereocenters. The SMILES string of the molecule is O=C(Cl)C1CCC1.O=CO. The molecule has 0 aromatic heterocycles. The highest BCUT2D eigenvalue weighted by molar-refractivity contribution is 6.64. The predicted octanol–water partition coefficient (Wildman–Crippen LogP) is 1.25. The molecule has 0 amide bonds. The standard InChI is InChI=1S/C5H7ClO.CH2O2/c6-5(7)4-2-1-3-4;2-1-3/h4H,1-3H2;1H,(H,2,3). The van der Waals surface area contributed by atoms with Crippen molar-refractivity contribution in [1.82, 2.24) is 0 Å². The molecule has 0 aromatic carbocycles. The number of carbonyl (C=O) groups excluding carboxylic acids is 1. The van der Waals surface area contributed by atoms with Gasteiger partial charge in [-0.25, -0.2) is 0 Å². The average molecular weight is 165 g/mol. The molecule has 1 N–H and O–H groups in total. The van der Waals surface area contributed by atoms with E-state index in [0.717, 1.165) is 12.8 Å². The fourth-order valence-corrected chi connectivity index (χ4v) is 0.853. The summed E-state index contributed by atoms with van der Waals surface area (Å²) in [5.41, 5.74) is 0. The van der Waals surface area contributed by atoms with Gasteiger partial charge in [0.1, 0.15) is 0 Å². The second kappa shape index (κ2) is 5.23. The van der Waals surface area contributed by atoms with E-state index in [0.29, 0.717) is 0 Å². The van der Waals surface area contributed by atoms with Gasteiger partial charge < -0.3 is 5.11 Å². The summed E-state index contributed by atoms with van der Waals surface area (Å²) in [7, 11) is 0. The quantitative estimate of drug-likeness (QED) is 0.469. The summed E-state index contributed by atoms with van der Waals surface area (Å²) >= 11 is 5.14. The van der Waals surface area contributed by atoms with Crippen molar-refractivity contribution in [2.24, 2.45) is 5.92 Å². The molecule has 1 fully saturated rings. The largest absolute Gasteiger partial charge is 0.483 e. The molecule has 0 aromatic rings. The maximum Gasteiger partial charge on any atom is 0.290 e. The van der Waals surface area contributed by atoms with E-state index < -0.39 is 0 Å². The van der Waals surface area contributed by atoms with Gasteiger partial charge in [0.15, 0.2) is 0 Å². The van der Waals surface area contributed by atoms with Gasteiger partial charge in [-0.15, -0.1) is 0 Å². The Labute approximate surface area is 64.0 Å². The molecule has 58 valence electrons. The van der Waals surface area contributed by atoms with Crippen molar-refractivity contribution in [3.05, 3.63) is 0 Å². The normalized spacial score (nSPS) is 16.1. The van der Waals surface area contributed by atoms with E-state index in [1.807, 2.05) is 0 Å². The number of carbonyl (C=O) groups is 2. The smallest absolute Gasteiger partial charge is 0.290 e. The van der Waals surface area contributed by atoms with Crippen LogP contribution in [0, 0.1) is 5.92 Å². The summed E-state index contributed by atoms with van der Waals surface area (Å²) in [6.07, 6.45) is 3.22. The lowest BCUT2D eigenvalue weighted by molar-refractivity contribution is -0.123. The second-order valence-electron chi connectivity index (χ2n) is 2.04. The van der Waals surface area contributed by atoms with Gasteiger partial charge in [0.2, 0.25) is 5.24 Å². The molecule has 1 saturated carbocycles. The Bertz CT molecular complexity index is 120. The molecule has 4 heteroatoms. The van der Waals surface area contributed by atoms with E-state index in [-0.39, 0.29) is 17.6 Å². The number of rotatable bonds is 1. The first kappa shape index (κ1) is 9.43. The Morgan fingerprint density at radius 3 is 2.00 bits per heavy atom. The molecule has 0 heterocycles. The van der Waals surface area contributed by atoms with Crippen molar-refractivity contribution in [2.75, 3.05) is 0 Å². The summed E-state index contributed by atoms with van der Waals surface area (Å²) in [6.45, 7) is -0.250. The molecule has 0 atom stereocenters. The monoisotopic (exact) mass is 164 g/mol. The van der Waals surface area contributed by atoms with Crippen LogP contribution in [0.15, 0.2) is 0 Å². The first-order valence-corrected chi connectivity index (χ1v) is 3.37. The van der Waals surface area contributed by atoms with Gasteiger partial charge in [0.25, 0.3) is 6.47 Å². The highest BCUT2D eigenvalue weighted by Gasteiger charge is 2.22. The average Bonchev–Trinajstić information content (AvgIpc) is 1.59. The van der Waals surface area contributed by atoms with Gasteiger partial charge in [-0.3, -0.25) is 9.59 Å². The lowest BCUT2D eigenvalue weighted by Crippen LogP contribution is -2.16. The van der Waals surface area contributed by atoms with Crippen LogP contribution in [0.2, 0.25) is 0 Å². The molecule has 1 aliphatic carbocycles. The Kier molecular flexibility index (Phi) is 4.94. The minimum atomic E-state index is -0.250. The highest BCUT2D eigenvalue weighted by atomic mass is 35.5. The van der Waals surface area contributed by atoms with Gasteiger partial charge >= 0.3 is 0 Å². The van der Waals surface area contributed by atoms with Crippen molar-refractivity contribution in [1.29, 1.82) is 0 Å². The van der Waals surface area contributed by atoms with Crippen LogP contribution in [0.3, 0.4) is 0 Å². The van der Waals surface area contributed by atoms with Crippen LogP contribution in [0.4, 0.5) is 0 Å². The van der Waals surface area contributed by atoms with Crippen LogP contribution in [0.5, 0.6) is 0 Å². The minimum absolute atomic E-state index is 0.147. The van der Waals surface area contributed by atoms with E-state index in [1.54, 1.807) is 0 Å². The zero-order chi connectivity index (χ0) is 7.98. The molecular weight excluding hydrogens is 156 g/mol. The number of hydrogen-bond donors (Lipinski definition) is 1. The molecule has 1 rings (SSSR count). The van der Waals surface area contributed by atoms with Crippen LogP contribution >= 0.6 is 11.6 Å². The van der Waals surface area contributed by atoms with Crippen molar-refractivity contribution in [2.45, 2.75) is 19.3 Å². The van der Waals surface area contributed by atoms with Crippen molar-refractivity contribution < 1.29 is 14.7 Å². The van der Waals surface area contributed by atoms with E-state index in [9.17, 15) is 4.79 Å². The molecule has 10 heavy (non-hydrogen) atoms. The maximum atomic E-state index is 10.2. The third kappa shape index (κ3) is 3.45. The fourth-order valence-electron chi connectivity index (χ4n) is 0.635. The second-order valence-corrected chi connectivity index (χ2v) is 2.41. The molecule has 3 nitrogen and oxygen atoms in total. The molecule has 0 aliphatic heterocycles. The molecule has 1 aliphatic rings. The van der Waals surface area contributed by atoms with Crippen LogP contribution < -0.4 is 0 Å². The van der Waals surface area contributed by atoms with Gasteiger partial charge in [-0.1, -0.05) is 6.42 Å². The topological polar surface area (TPSA) is 54.4 Å². The van der Waals surface area contributed by atoms with Gasteiger partial charge in [-0.05, 0) is 24.4 Å². The first-order valence-electron chi connectivity index (χ1n) is 2.99. The van der Waals surface area contributed by atoms with Gasteiger partial charge in [-0.2, -0.15) is 0 Å². The summed E-state index contributed by atoms with van der Waals surface area (Å²) in [6, 6.07) is 0. The zero-order valence-corrected chi connectivity index (χ0v) is 6.17. The Morgan fingerprint density at radius 2 is 2.00 bits per heavy atom. The molecular formula is C6H9ClO3. The summed E-state index contributed by atoms with van der Waals surface area (Å²) in [5.74, 6) is 0.210. The van der Waals surface area contributed by atoms with Crippen molar-refractivity contribution in [3.63, 3.8) is 0 Å². The number of hydrogen-bond acceptors (Lipinski definition) is 2. The Balaban J connectivity index is 0.000000236. The minimum Gasteiger partial charge on any atom is -0.483 e. The van der Waals surface area contributed by atoms with E-state index >= 15 is 0 Å². The molecule has 0 saturated heterocycles. The Morgan fingerprint density at radius 1 is 1.60 bits per heavy atom. The van der Waals surface area contributed by atoms with Crippen molar-refractivity contribution >= 4 is 23.3 Å². The van der Waals surface area contributed by atoms with Crippen molar-refractivity contribution in [3.8, 4) is 0 Å². The van der Waals surface area contributed by atoms with Crippen LogP contribution in [-0.4, -0.2) is 16.8 Å². The third-order valence-electron chi connectivity index (χ3n) is 1.43. The van der Waals surface area contributed by atoms with Gasteiger partial charge in [0, 0.05) is 5.92 Å². The fraction of sp³-hybridized carbons (Fsp3) is 0.667. The molecule has 0 bridgehead atoms. The summed E-state index contributed by atoms with van der Waals surface area (Å²) in [5, 5.41) is 6.74. The third-order valence-corrected chi connectivity index (χ3v) is 1.73. The summed E-state index contributed by atoms with van der Waals surface area (Å²) < 4.78 is 0. The van der Waals surface area contributed by atoms with E-state index in [4.69, 9.17) is 21.5 Å². The Hall–Kier alpha value is -0.570. The molecule has 0 spiro atoms.